The smallest absolute Gasteiger partial charge is 0.0615 e. The largest absolute Gasteiger partial charge is 0.383 e. The van der Waals surface area contributed by atoms with Crippen molar-refractivity contribution in [3.05, 3.63) is 0 Å². The van der Waals surface area contributed by atoms with E-state index in [9.17, 15) is 0 Å². The Bertz CT molecular complexity index is 138. The van der Waals surface area contributed by atoms with Crippen molar-refractivity contribution in [3.8, 4) is 0 Å². The van der Waals surface area contributed by atoms with Crippen LogP contribution in [0.4, 0.5) is 0 Å². The predicted octanol–water partition coefficient (Wildman–Crippen LogP) is 2.19. The molecule has 0 radical (unpaired) electrons. The second kappa shape index (κ2) is 5.61. The van der Waals surface area contributed by atoms with E-state index in [2.05, 4.69) is 19.2 Å². The SMILES string of the molecule is CCCC1CC1NC(CC)COC. The molecule has 0 aliphatic heterocycles. The Labute approximate surface area is 82.0 Å². The molecule has 0 amide bonds. The molecule has 0 spiro atoms. The molecular weight excluding hydrogens is 162 g/mol. The average Bonchev–Trinajstić information content (AvgIpc) is 2.84. The van der Waals surface area contributed by atoms with Gasteiger partial charge in [-0.25, -0.2) is 0 Å². The van der Waals surface area contributed by atoms with Gasteiger partial charge >= 0.3 is 0 Å². The highest BCUT2D eigenvalue weighted by Crippen LogP contribution is 2.34. The van der Waals surface area contributed by atoms with E-state index in [0.717, 1.165) is 18.6 Å². The minimum Gasteiger partial charge on any atom is -0.383 e. The van der Waals surface area contributed by atoms with E-state index >= 15 is 0 Å². The zero-order valence-corrected chi connectivity index (χ0v) is 9.18. The highest BCUT2D eigenvalue weighted by Gasteiger charge is 2.36. The Morgan fingerprint density at radius 2 is 2.23 bits per heavy atom. The summed E-state index contributed by atoms with van der Waals surface area (Å²) in [4.78, 5) is 0. The molecule has 13 heavy (non-hydrogen) atoms. The van der Waals surface area contributed by atoms with Crippen molar-refractivity contribution in [2.75, 3.05) is 13.7 Å². The van der Waals surface area contributed by atoms with Gasteiger partial charge in [0.15, 0.2) is 0 Å². The van der Waals surface area contributed by atoms with E-state index in [1.807, 2.05) is 0 Å². The third kappa shape index (κ3) is 3.65. The van der Waals surface area contributed by atoms with Crippen molar-refractivity contribution in [2.45, 2.75) is 51.6 Å². The lowest BCUT2D eigenvalue weighted by atomic mass is 10.2. The monoisotopic (exact) mass is 185 g/mol. The maximum absolute atomic E-state index is 5.16. The number of hydrogen-bond acceptors (Lipinski definition) is 2. The first kappa shape index (κ1) is 11.0. The van der Waals surface area contributed by atoms with Crippen LogP contribution >= 0.6 is 0 Å². The lowest BCUT2D eigenvalue weighted by molar-refractivity contribution is 0.163. The second-order valence-electron chi connectivity index (χ2n) is 4.12. The molecule has 1 N–H and O–H groups in total. The summed E-state index contributed by atoms with van der Waals surface area (Å²) >= 11 is 0. The van der Waals surface area contributed by atoms with Crippen LogP contribution in [-0.2, 0) is 4.74 Å². The molecule has 78 valence electrons. The maximum Gasteiger partial charge on any atom is 0.0615 e. The summed E-state index contributed by atoms with van der Waals surface area (Å²) in [5.41, 5.74) is 0. The molecule has 0 heterocycles. The average molecular weight is 185 g/mol. The minimum atomic E-state index is 0.567. The summed E-state index contributed by atoms with van der Waals surface area (Å²) in [5, 5.41) is 3.65. The van der Waals surface area contributed by atoms with Crippen molar-refractivity contribution in [2.24, 2.45) is 5.92 Å². The van der Waals surface area contributed by atoms with E-state index in [0.29, 0.717) is 6.04 Å². The molecule has 3 atom stereocenters. The lowest BCUT2D eigenvalue weighted by Gasteiger charge is -2.15. The van der Waals surface area contributed by atoms with Gasteiger partial charge in [-0.1, -0.05) is 20.3 Å². The molecule has 1 aliphatic carbocycles. The molecule has 0 aromatic rings. The fourth-order valence-corrected chi connectivity index (χ4v) is 1.93. The predicted molar refractivity (Wildman–Crippen MR) is 55.9 cm³/mol. The molecular formula is C11H23NO. The van der Waals surface area contributed by atoms with Crippen LogP contribution in [0.5, 0.6) is 0 Å². The van der Waals surface area contributed by atoms with Gasteiger partial charge in [0.25, 0.3) is 0 Å². The van der Waals surface area contributed by atoms with Gasteiger partial charge in [-0.2, -0.15) is 0 Å². The summed E-state index contributed by atoms with van der Waals surface area (Å²) < 4.78 is 5.16. The topological polar surface area (TPSA) is 21.3 Å². The Morgan fingerprint density at radius 1 is 1.46 bits per heavy atom. The molecule has 1 fully saturated rings. The maximum atomic E-state index is 5.16. The zero-order chi connectivity index (χ0) is 9.68. The Morgan fingerprint density at radius 3 is 2.77 bits per heavy atom. The molecule has 0 bridgehead atoms. The van der Waals surface area contributed by atoms with Gasteiger partial charge in [0, 0.05) is 19.2 Å². The lowest BCUT2D eigenvalue weighted by Crippen LogP contribution is -2.35. The third-order valence-corrected chi connectivity index (χ3v) is 2.89. The number of hydrogen-bond donors (Lipinski definition) is 1. The van der Waals surface area contributed by atoms with Gasteiger partial charge in [0.1, 0.15) is 0 Å². The third-order valence-electron chi connectivity index (χ3n) is 2.89. The summed E-state index contributed by atoms with van der Waals surface area (Å²) in [6, 6.07) is 1.36. The first-order chi connectivity index (χ1) is 6.31. The summed E-state index contributed by atoms with van der Waals surface area (Å²) in [5.74, 6) is 0.955. The number of methoxy groups -OCH3 is 1. The van der Waals surface area contributed by atoms with Crippen molar-refractivity contribution in [1.29, 1.82) is 0 Å². The first-order valence-corrected chi connectivity index (χ1v) is 5.56. The van der Waals surface area contributed by atoms with Crippen LogP contribution in [0.2, 0.25) is 0 Å². The van der Waals surface area contributed by atoms with Crippen LogP contribution in [0.15, 0.2) is 0 Å². The van der Waals surface area contributed by atoms with Gasteiger partial charge in [-0.05, 0) is 25.2 Å². The molecule has 2 heteroatoms. The van der Waals surface area contributed by atoms with Crippen LogP contribution < -0.4 is 5.32 Å². The van der Waals surface area contributed by atoms with Gasteiger partial charge in [-0.15, -0.1) is 0 Å². The molecule has 1 aliphatic rings. The Kier molecular flexibility index (Phi) is 4.74. The van der Waals surface area contributed by atoms with E-state index in [1.165, 1.54) is 25.7 Å². The Balaban J connectivity index is 2.10. The summed E-state index contributed by atoms with van der Waals surface area (Å²) in [6.45, 7) is 5.33. The van der Waals surface area contributed by atoms with Crippen LogP contribution in [0.25, 0.3) is 0 Å². The van der Waals surface area contributed by atoms with Gasteiger partial charge < -0.3 is 10.1 Å². The van der Waals surface area contributed by atoms with Gasteiger partial charge in [-0.3, -0.25) is 0 Å². The molecule has 1 saturated carbocycles. The first-order valence-electron chi connectivity index (χ1n) is 5.56. The molecule has 3 unspecified atom stereocenters. The zero-order valence-electron chi connectivity index (χ0n) is 9.18. The van der Waals surface area contributed by atoms with Crippen molar-refractivity contribution in [1.82, 2.24) is 5.32 Å². The van der Waals surface area contributed by atoms with Crippen molar-refractivity contribution in [3.63, 3.8) is 0 Å². The quantitative estimate of drug-likeness (QED) is 0.656. The van der Waals surface area contributed by atoms with E-state index in [-0.39, 0.29) is 0 Å². The molecule has 2 nitrogen and oxygen atoms in total. The number of nitrogens with one attached hydrogen (secondary N) is 1. The van der Waals surface area contributed by atoms with E-state index < -0.39 is 0 Å². The number of ether oxygens (including phenoxy) is 1. The standard InChI is InChI=1S/C11H23NO/c1-4-6-9-7-11(9)12-10(5-2)8-13-3/h9-12H,4-8H2,1-3H3. The number of rotatable bonds is 7. The van der Waals surface area contributed by atoms with Crippen LogP contribution in [-0.4, -0.2) is 25.8 Å². The van der Waals surface area contributed by atoms with Crippen molar-refractivity contribution < 1.29 is 4.74 Å². The highest BCUT2D eigenvalue weighted by atomic mass is 16.5. The molecule has 0 aromatic carbocycles. The molecule has 0 saturated heterocycles. The normalized spacial score (nSPS) is 28.8. The molecule has 0 aromatic heterocycles. The highest BCUT2D eigenvalue weighted by molar-refractivity contribution is 4.94. The molecule has 1 rings (SSSR count). The van der Waals surface area contributed by atoms with E-state index in [4.69, 9.17) is 4.74 Å². The van der Waals surface area contributed by atoms with E-state index in [1.54, 1.807) is 7.11 Å². The summed E-state index contributed by atoms with van der Waals surface area (Å²) in [6.07, 6.45) is 5.27. The fourth-order valence-electron chi connectivity index (χ4n) is 1.93. The van der Waals surface area contributed by atoms with Gasteiger partial charge in [0.2, 0.25) is 0 Å². The van der Waals surface area contributed by atoms with Crippen molar-refractivity contribution >= 4 is 0 Å². The summed E-state index contributed by atoms with van der Waals surface area (Å²) in [7, 11) is 1.78. The fraction of sp³-hybridized carbons (Fsp3) is 1.00. The second-order valence-corrected chi connectivity index (χ2v) is 4.12. The minimum absolute atomic E-state index is 0.567. The van der Waals surface area contributed by atoms with Crippen LogP contribution in [0.1, 0.15) is 39.5 Å². The van der Waals surface area contributed by atoms with Crippen LogP contribution in [0, 0.1) is 5.92 Å². The van der Waals surface area contributed by atoms with Gasteiger partial charge in [0.05, 0.1) is 6.61 Å². The van der Waals surface area contributed by atoms with Crippen LogP contribution in [0.3, 0.4) is 0 Å². The Hall–Kier alpha value is -0.0800.